The number of aromatic nitrogens is 4. The van der Waals surface area contributed by atoms with Crippen molar-refractivity contribution in [3.8, 4) is 0 Å². The molecule has 0 aliphatic carbocycles. The van der Waals surface area contributed by atoms with Crippen LogP contribution in [0.5, 0.6) is 0 Å². The van der Waals surface area contributed by atoms with Crippen molar-refractivity contribution in [1.29, 1.82) is 0 Å². The third-order valence-electron chi connectivity index (χ3n) is 4.54. The van der Waals surface area contributed by atoms with E-state index in [9.17, 15) is 14.7 Å². The first kappa shape index (κ1) is 22.0. The van der Waals surface area contributed by atoms with Gasteiger partial charge in [0.05, 0.1) is 6.10 Å². The van der Waals surface area contributed by atoms with E-state index in [-0.39, 0.29) is 5.88 Å². The number of hydrogen-bond donors (Lipinski definition) is 2. The smallest absolute Gasteiger partial charge is 0.329 e. The Morgan fingerprint density at radius 3 is 2.52 bits per heavy atom. The third kappa shape index (κ3) is 5.86. The summed E-state index contributed by atoms with van der Waals surface area (Å²) in [4.78, 5) is 31.1. The predicted molar refractivity (Wildman–Crippen MR) is 111 cm³/mol. The molecule has 2 aromatic rings. The van der Waals surface area contributed by atoms with Crippen LogP contribution in [0.4, 0.5) is 0 Å². The summed E-state index contributed by atoms with van der Waals surface area (Å²) in [7, 11) is 1.59. The van der Waals surface area contributed by atoms with Gasteiger partial charge in [-0.25, -0.2) is 9.78 Å². The van der Waals surface area contributed by atoms with Gasteiger partial charge in [0.2, 0.25) is 0 Å². The lowest BCUT2D eigenvalue weighted by atomic mass is 10.1. The SMILES string of the molecule is CCCCCCCCCn1c(SC[C@@H](O)CCl)nc2c1c(=O)[nH]c(=O)n2C. The molecule has 0 unspecified atom stereocenters. The average Bonchev–Trinajstić information content (AvgIpc) is 3.02. The number of H-pyrrole nitrogens is 1. The van der Waals surface area contributed by atoms with Gasteiger partial charge in [0.25, 0.3) is 5.56 Å². The molecule has 152 valence electrons. The van der Waals surface area contributed by atoms with E-state index in [1.165, 1.54) is 48.4 Å². The maximum absolute atomic E-state index is 12.4. The summed E-state index contributed by atoms with van der Waals surface area (Å²) in [5.41, 5.74) is -0.126. The van der Waals surface area contributed by atoms with Crippen LogP contribution in [-0.2, 0) is 13.6 Å². The minimum absolute atomic E-state index is 0.143. The number of nitrogens with zero attached hydrogens (tertiary/aromatic N) is 3. The number of aliphatic hydroxyl groups excluding tert-OH is 1. The van der Waals surface area contributed by atoms with Gasteiger partial charge in [-0.1, -0.05) is 57.2 Å². The molecule has 7 nitrogen and oxygen atoms in total. The second-order valence-corrected chi connectivity index (χ2v) is 8.07. The van der Waals surface area contributed by atoms with Crippen LogP contribution < -0.4 is 11.2 Å². The van der Waals surface area contributed by atoms with Crippen molar-refractivity contribution in [1.82, 2.24) is 19.1 Å². The summed E-state index contributed by atoms with van der Waals surface area (Å²) >= 11 is 7.02. The maximum atomic E-state index is 12.4. The molecule has 9 heteroatoms. The van der Waals surface area contributed by atoms with E-state index < -0.39 is 17.4 Å². The number of halogens is 1. The zero-order valence-corrected chi connectivity index (χ0v) is 17.6. The molecule has 2 aromatic heterocycles. The van der Waals surface area contributed by atoms with Crippen molar-refractivity contribution < 1.29 is 5.11 Å². The van der Waals surface area contributed by atoms with Crippen molar-refractivity contribution in [2.24, 2.45) is 7.05 Å². The van der Waals surface area contributed by atoms with Gasteiger partial charge in [-0.3, -0.25) is 14.3 Å². The molecule has 27 heavy (non-hydrogen) atoms. The number of aliphatic hydroxyl groups is 1. The molecule has 0 saturated heterocycles. The maximum Gasteiger partial charge on any atom is 0.329 e. The number of rotatable bonds is 12. The van der Waals surface area contributed by atoms with Crippen molar-refractivity contribution >= 4 is 34.5 Å². The molecule has 1 atom stereocenters. The second kappa shape index (κ2) is 10.9. The Morgan fingerprint density at radius 2 is 1.85 bits per heavy atom. The number of unbranched alkanes of at least 4 members (excludes halogenated alkanes) is 6. The minimum atomic E-state index is -0.648. The van der Waals surface area contributed by atoms with Crippen molar-refractivity contribution in [2.75, 3.05) is 11.6 Å². The topological polar surface area (TPSA) is 92.9 Å². The van der Waals surface area contributed by atoms with Gasteiger partial charge in [-0.15, -0.1) is 11.6 Å². The Labute approximate surface area is 168 Å². The molecular formula is C18H29ClN4O3S. The van der Waals surface area contributed by atoms with Crippen LogP contribution in [0.15, 0.2) is 14.7 Å². The molecule has 0 bridgehead atoms. The van der Waals surface area contributed by atoms with Crippen molar-refractivity contribution in [2.45, 2.75) is 69.7 Å². The van der Waals surface area contributed by atoms with E-state index in [2.05, 4.69) is 16.9 Å². The highest BCUT2D eigenvalue weighted by molar-refractivity contribution is 7.99. The Morgan fingerprint density at radius 1 is 1.19 bits per heavy atom. The summed E-state index contributed by atoms with van der Waals surface area (Å²) in [5.74, 6) is 0.528. The molecule has 0 amide bonds. The van der Waals surface area contributed by atoms with Crippen LogP contribution in [0.1, 0.15) is 51.9 Å². The first-order valence-electron chi connectivity index (χ1n) is 9.56. The lowest BCUT2D eigenvalue weighted by Gasteiger charge is -2.10. The molecule has 2 rings (SSSR count). The van der Waals surface area contributed by atoms with Gasteiger partial charge < -0.3 is 9.67 Å². The summed E-state index contributed by atoms with van der Waals surface area (Å²) in [6.45, 7) is 2.86. The van der Waals surface area contributed by atoms with Crippen LogP contribution >= 0.6 is 23.4 Å². The monoisotopic (exact) mass is 416 g/mol. The number of nitrogens with one attached hydrogen (secondary N) is 1. The van der Waals surface area contributed by atoms with Crippen molar-refractivity contribution in [3.05, 3.63) is 20.8 Å². The number of aromatic amines is 1. The third-order valence-corrected chi connectivity index (χ3v) is 6.02. The molecule has 0 aliphatic heterocycles. The van der Waals surface area contributed by atoms with Crippen LogP contribution in [0.2, 0.25) is 0 Å². The minimum Gasteiger partial charge on any atom is -0.391 e. The summed E-state index contributed by atoms with van der Waals surface area (Å²) in [6.07, 6.45) is 7.56. The highest BCUT2D eigenvalue weighted by Crippen LogP contribution is 2.23. The average molecular weight is 417 g/mol. The van der Waals surface area contributed by atoms with Gasteiger partial charge in [-0.05, 0) is 6.42 Å². The largest absolute Gasteiger partial charge is 0.391 e. The van der Waals surface area contributed by atoms with Crippen LogP contribution in [0.25, 0.3) is 11.2 Å². The highest BCUT2D eigenvalue weighted by atomic mass is 35.5. The summed E-state index contributed by atoms with van der Waals surface area (Å²) in [6, 6.07) is 0. The summed E-state index contributed by atoms with van der Waals surface area (Å²) in [5, 5.41) is 10.4. The van der Waals surface area contributed by atoms with Crippen molar-refractivity contribution in [3.63, 3.8) is 0 Å². The zero-order chi connectivity index (χ0) is 19.8. The first-order valence-corrected chi connectivity index (χ1v) is 11.1. The molecule has 0 aromatic carbocycles. The lowest BCUT2D eigenvalue weighted by Crippen LogP contribution is -2.29. The number of aryl methyl sites for hydroxylation is 2. The summed E-state index contributed by atoms with van der Waals surface area (Å²) < 4.78 is 3.21. The van der Waals surface area contributed by atoms with E-state index in [1.807, 2.05) is 4.57 Å². The number of alkyl halides is 1. The fourth-order valence-corrected chi connectivity index (χ4v) is 4.16. The molecular weight excluding hydrogens is 388 g/mol. The molecule has 0 aliphatic rings. The van der Waals surface area contributed by atoms with E-state index in [0.29, 0.717) is 28.6 Å². The second-order valence-electron chi connectivity index (χ2n) is 6.78. The van der Waals surface area contributed by atoms with Gasteiger partial charge in [0.1, 0.15) is 0 Å². The van der Waals surface area contributed by atoms with Gasteiger partial charge in [-0.2, -0.15) is 0 Å². The Bertz CT molecular complexity index is 845. The fraction of sp³-hybridized carbons (Fsp3) is 0.722. The van der Waals surface area contributed by atoms with Gasteiger partial charge in [0.15, 0.2) is 16.3 Å². The fourth-order valence-electron chi connectivity index (χ4n) is 2.97. The Balaban J connectivity index is 2.18. The molecule has 2 heterocycles. The molecule has 0 fully saturated rings. The van der Waals surface area contributed by atoms with E-state index >= 15 is 0 Å². The standard InChI is InChI=1S/C18H29ClN4O3S/c1-3-4-5-6-7-8-9-10-23-14-15(22(2)17(26)21-16(14)25)20-18(23)27-12-13(24)11-19/h13,24H,3-12H2,1-2H3,(H,21,25,26)/t13-/m0/s1. The number of fused-ring (bicyclic) bond motifs is 1. The number of hydrogen-bond acceptors (Lipinski definition) is 5. The highest BCUT2D eigenvalue weighted by Gasteiger charge is 2.18. The lowest BCUT2D eigenvalue weighted by molar-refractivity contribution is 0.223. The van der Waals surface area contributed by atoms with E-state index in [4.69, 9.17) is 11.6 Å². The first-order chi connectivity index (χ1) is 13.0. The number of imidazole rings is 1. The van der Waals surface area contributed by atoms with E-state index in [0.717, 1.165) is 12.8 Å². The van der Waals surface area contributed by atoms with E-state index in [1.54, 1.807) is 7.05 Å². The molecule has 0 saturated carbocycles. The quantitative estimate of drug-likeness (QED) is 0.315. The zero-order valence-electron chi connectivity index (χ0n) is 16.0. The number of thioether (sulfide) groups is 1. The predicted octanol–water partition coefficient (Wildman–Crippen LogP) is 2.87. The normalized spacial score (nSPS) is 12.7. The molecule has 2 N–H and O–H groups in total. The molecule has 0 spiro atoms. The Hall–Kier alpha value is -1.25. The van der Waals surface area contributed by atoms with Crippen LogP contribution in [-0.4, -0.2) is 41.9 Å². The van der Waals surface area contributed by atoms with Crippen LogP contribution in [0.3, 0.4) is 0 Å². The van der Waals surface area contributed by atoms with Gasteiger partial charge in [0, 0.05) is 25.2 Å². The Kier molecular flexibility index (Phi) is 8.92. The van der Waals surface area contributed by atoms with Gasteiger partial charge >= 0.3 is 5.69 Å². The molecule has 0 radical (unpaired) electrons. The van der Waals surface area contributed by atoms with Crippen LogP contribution in [0, 0.1) is 0 Å².